The number of hydrogen-bond donors (Lipinski definition) is 2. The number of aryl methyl sites for hydroxylation is 1. The van der Waals surface area contributed by atoms with Crippen LogP contribution in [0.2, 0.25) is 0 Å². The molecule has 0 aliphatic rings. The summed E-state index contributed by atoms with van der Waals surface area (Å²) in [6.45, 7) is 11.2. The Bertz CT molecular complexity index is 574. The van der Waals surface area contributed by atoms with Gasteiger partial charge in [0.25, 0.3) is 5.91 Å². The highest BCUT2D eigenvalue weighted by atomic mass is 16.5. The van der Waals surface area contributed by atoms with E-state index in [0.717, 1.165) is 6.54 Å². The number of rotatable bonds is 7. The van der Waals surface area contributed by atoms with Crippen LogP contribution in [-0.2, 0) is 4.74 Å². The van der Waals surface area contributed by atoms with Crippen molar-refractivity contribution in [3.05, 3.63) is 22.5 Å². The largest absolute Gasteiger partial charge is 0.462 e. The van der Waals surface area contributed by atoms with E-state index >= 15 is 0 Å². The first-order valence-electron chi connectivity index (χ1n) is 7.88. The summed E-state index contributed by atoms with van der Waals surface area (Å²) < 4.78 is 5.04. The van der Waals surface area contributed by atoms with Gasteiger partial charge in [0.15, 0.2) is 0 Å². The van der Waals surface area contributed by atoms with Gasteiger partial charge in [-0.2, -0.15) is 0 Å². The molecule has 1 amide bonds. The summed E-state index contributed by atoms with van der Waals surface area (Å²) in [6.07, 6.45) is 0. The molecule has 0 radical (unpaired) electrons. The summed E-state index contributed by atoms with van der Waals surface area (Å²) in [5, 5.41) is 2.95. The van der Waals surface area contributed by atoms with E-state index in [0.29, 0.717) is 35.7 Å². The van der Waals surface area contributed by atoms with Gasteiger partial charge in [0.05, 0.1) is 12.2 Å². The molecule has 2 N–H and O–H groups in total. The molecule has 6 heteroatoms. The van der Waals surface area contributed by atoms with Gasteiger partial charge in [-0.25, -0.2) is 4.79 Å². The number of amides is 1. The number of aromatic nitrogens is 1. The fourth-order valence-corrected chi connectivity index (χ4v) is 2.81. The summed E-state index contributed by atoms with van der Waals surface area (Å²) in [5.41, 5.74) is 2.11. The fraction of sp³-hybridized carbons (Fsp3) is 0.647. The van der Waals surface area contributed by atoms with Crippen molar-refractivity contribution >= 4 is 11.9 Å². The number of H-pyrrole nitrogens is 1. The molecular formula is C17H29N3O3. The first kappa shape index (κ1) is 19.2. The maximum absolute atomic E-state index is 12.4. The Kier molecular flexibility index (Phi) is 6.38. The Morgan fingerprint density at radius 1 is 1.26 bits per heavy atom. The number of aromatic amines is 1. The fourth-order valence-electron chi connectivity index (χ4n) is 2.81. The number of nitrogens with one attached hydrogen (secondary N) is 2. The summed E-state index contributed by atoms with van der Waals surface area (Å²) in [6, 6.07) is 0. The van der Waals surface area contributed by atoms with Gasteiger partial charge >= 0.3 is 5.97 Å². The molecule has 0 saturated carbocycles. The molecule has 6 nitrogen and oxygen atoms in total. The van der Waals surface area contributed by atoms with E-state index in [1.807, 2.05) is 14.1 Å². The molecule has 0 fully saturated rings. The third-order valence-corrected chi connectivity index (χ3v) is 3.62. The minimum atomic E-state index is -0.397. The minimum absolute atomic E-state index is 0.0430. The van der Waals surface area contributed by atoms with Gasteiger partial charge < -0.3 is 19.9 Å². The number of hydrogen-bond acceptors (Lipinski definition) is 4. The molecule has 0 bridgehead atoms. The standard InChI is InChI=1S/C17H29N3O3/c1-8-23-16(22)13-11(2)14(19-12(13)3)15(21)18-9-17(4,5)10-20(6)7/h19H,8-10H2,1-7H3,(H,18,21). The van der Waals surface area contributed by atoms with Crippen molar-refractivity contribution in [2.75, 3.05) is 33.8 Å². The minimum Gasteiger partial charge on any atom is -0.462 e. The summed E-state index contributed by atoms with van der Waals surface area (Å²) in [4.78, 5) is 29.5. The molecule has 0 aliphatic carbocycles. The Morgan fingerprint density at radius 2 is 1.87 bits per heavy atom. The SMILES string of the molecule is CCOC(=O)c1c(C)[nH]c(C(=O)NCC(C)(C)CN(C)C)c1C. The number of ether oxygens (including phenoxy) is 1. The maximum Gasteiger partial charge on any atom is 0.340 e. The van der Waals surface area contributed by atoms with Crippen molar-refractivity contribution in [1.29, 1.82) is 0 Å². The lowest BCUT2D eigenvalue weighted by molar-refractivity contribution is 0.0525. The van der Waals surface area contributed by atoms with Crippen LogP contribution in [0.4, 0.5) is 0 Å². The van der Waals surface area contributed by atoms with Crippen molar-refractivity contribution in [3.8, 4) is 0 Å². The smallest absolute Gasteiger partial charge is 0.340 e. The van der Waals surface area contributed by atoms with Crippen molar-refractivity contribution in [2.45, 2.75) is 34.6 Å². The normalized spacial score (nSPS) is 11.7. The van der Waals surface area contributed by atoms with Gasteiger partial charge in [-0.15, -0.1) is 0 Å². The number of nitrogens with zero attached hydrogens (tertiary/aromatic N) is 1. The summed E-state index contributed by atoms with van der Waals surface area (Å²) >= 11 is 0. The molecule has 1 aromatic rings. The highest BCUT2D eigenvalue weighted by Crippen LogP contribution is 2.20. The predicted octanol–water partition coefficient (Wildman–Crippen LogP) is 2.13. The Morgan fingerprint density at radius 3 is 2.39 bits per heavy atom. The van der Waals surface area contributed by atoms with Crippen LogP contribution >= 0.6 is 0 Å². The van der Waals surface area contributed by atoms with E-state index in [1.54, 1.807) is 20.8 Å². The second-order valence-corrected chi connectivity index (χ2v) is 6.93. The zero-order valence-corrected chi connectivity index (χ0v) is 15.3. The molecule has 23 heavy (non-hydrogen) atoms. The van der Waals surface area contributed by atoms with Crippen molar-refractivity contribution in [3.63, 3.8) is 0 Å². The van der Waals surface area contributed by atoms with Crippen LogP contribution in [0.3, 0.4) is 0 Å². The monoisotopic (exact) mass is 323 g/mol. The Balaban J connectivity index is 2.86. The first-order valence-corrected chi connectivity index (χ1v) is 7.88. The van der Waals surface area contributed by atoms with E-state index in [1.165, 1.54) is 0 Å². The van der Waals surface area contributed by atoms with Gasteiger partial charge in [-0.1, -0.05) is 13.8 Å². The topological polar surface area (TPSA) is 74.4 Å². The third kappa shape index (κ3) is 5.10. The average Bonchev–Trinajstić information content (AvgIpc) is 2.70. The second-order valence-electron chi connectivity index (χ2n) is 6.93. The summed E-state index contributed by atoms with van der Waals surface area (Å²) in [7, 11) is 4.02. The molecule has 0 aromatic carbocycles. The second kappa shape index (κ2) is 7.64. The van der Waals surface area contributed by atoms with Gasteiger partial charge in [0.2, 0.25) is 0 Å². The zero-order valence-electron chi connectivity index (χ0n) is 15.3. The van der Waals surface area contributed by atoms with E-state index in [2.05, 4.69) is 29.0 Å². The molecule has 130 valence electrons. The molecular weight excluding hydrogens is 294 g/mol. The van der Waals surface area contributed by atoms with Crippen LogP contribution in [0.5, 0.6) is 0 Å². The lowest BCUT2D eigenvalue weighted by Crippen LogP contribution is -2.40. The van der Waals surface area contributed by atoms with Crippen molar-refractivity contribution in [1.82, 2.24) is 15.2 Å². The van der Waals surface area contributed by atoms with Gasteiger partial charge in [-0.3, -0.25) is 4.79 Å². The molecule has 0 spiro atoms. The predicted molar refractivity (Wildman–Crippen MR) is 90.9 cm³/mol. The Labute approximate surface area is 138 Å². The highest BCUT2D eigenvalue weighted by Gasteiger charge is 2.25. The van der Waals surface area contributed by atoms with E-state index in [9.17, 15) is 9.59 Å². The molecule has 1 aromatic heterocycles. The lowest BCUT2D eigenvalue weighted by atomic mass is 9.93. The molecule has 0 atom stereocenters. The van der Waals surface area contributed by atoms with Crippen LogP contribution in [-0.4, -0.2) is 55.6 Å². The highest BCUT2D eigenvalue weighted by molar-refractivity contribution is 6.00. The number of esters is 1. The number of carbonyl (C=O) groups is 2. The molecule has 0 unspecified atom stereocenters. The van der Waals surface area contributed by atoms with Gasteiger partial charge in [0, 0.05) is 18.8 Å². The van der Waals surface area contributed by atoms with Crippen LogP contribution in [0.1, 0.15) is 52.9 Å². The van der Waals surface area contributed by atoms with E-state index < -0.39 is 5.97 Å². The van der Waals surface area contributed by atoms with Crippen LogP contribution < -0.4 is 5.32 Å². The molecule has 1 rings (SSSR count). The zero-order chi connectivity index (χ0) is 17.8. The van der Waals surface area contributed by atoms with Crippen molar-refractivity contribution < 1.29 is 14.3 Å². The van der Waals surface area contributed by atoms with Gasteiger partial charge in [-0.05, 0) is 45.8 Å². The quantitative estimate of drug-likeness (QED) is 0.754. The average molecular weight is 323 g/mol. The first-order chi connectivity index (χ1) is 10.6. The number of carbonyl (C=O) groups excluding carboxylic acids is 2. The summed E-state index contributed by atoms with van der Waals surface area (Å²) in [5.74, 6) is -0.598. The van der Waals surface area contributed by atoms with Crippen LogP contribution in [0.25, 0.3) is 0 Å². The van der Waals surface area contributed by atoms with Crippen LogP contribution in [0.15, 0.2) is 0 Å². The van der Waals surface area contributed by atoms with Crippen molar-refractivity contribution in [2.24, 2.45) is 5.41 Å². The molecule has 1 heterocycles. The molecule has 0 aliphatic heterocycles. The third-order valence-electron chi connectivity index (χ3n) is 3.62. The maximum atomic E-state index is 12.4. The van der Waals surface area contributed by atoms with E-state index in [4.69, 9.17) is 4.74 Å². The van der Waals surface area contributed by atoms with Crippen LogP contribution in [0, 0.1) is 19.3 Å². The molecule has 0 saturated heterocycles. The van der Waals surface area contributed by atoms with E-state index in [-0.39, 0.29) is 11.3 Å². The van der Waals surface area contributed by atoms with Gasteiger partial charge in [0.1, 0.15) is 5.69 Å². The Hall–Kier alpha value is -1.82. The lowest BCUT2D eigenvalue weighted by Gasteiger charge is -2.28.